The van der Waals surface area contributed by atoms with Gasteiger partial charge >= 0.3 is 0 Å². The zero-order valence-electron chi connectivity index (χ0n) is 11.2. The third-order valence-electron chi connectivity index (χ3n) is 3.04. The second-order valence-electron chi connectivity index (χ2n) is 4.46. The van der Waals surface area contributed by atoms with Crippen LogP contribution < -0.4 is 10.1 Å². The zero-order chi connectivity index (χ0) is 13.5. The molecule has 1 aliphatic heterocycles. The predicted octanol–water partition coefficient (Wildman–Crippen LogP) is 1.79. The molecule has 1 N–H and O–H groups in total. The van der Waals surface area contributed by atoms with Gasteiger partial charge in [-0.3, -0.25) is 0 Å². The Morgan fingerprint density at radius 3 is 3.16 bits per heavy atom. The number of nitrogens with one attached hydrogen (secondary N) is 1. The lowest BCUT2D eigenvalue weighted by Crippen LogP contribution is -2.40. The van der Waals surface area contributed by atoms with Gasteiger partial charge in [0, 0.05) is 32.4 Å². The Kier molecular flexibility index (Phi) is 5.42. The van der Waals surface area contributed by atoms with Crippen LogP contribution in [0.5, 0.6) is 5.75 Å². The van der Waals surface area contributed by atoms with Gasteiger partial charge in [-0.05, 0) is 24.7 Å². The van der Waals surface area contributed by atoms with E-state index in [9.17, 15) is 0 Å². The fraction of sp³-hybridized carbons (Fsp3) is 0.500. The first kappa shape index (κ1) is 14.1. The molecular formula is C14H20N2O2S. The van der Waals surface area contributed by atoms with Crippen LogP contribution in [0, 0.1) is 0 Å². The van der Waals surface area contributed by atoms with Crippen LogP contribution in [0.1, 0.15) is 12.0 Å². The van der Waals surface area contributed by atoms with E-state index in [1.807, 2.05) is 18.2 Å². The van der Waals surface area contributed by atoms with Crippen LogP contribution in [-0.4, -0.2) is 43.4 Å². The Morgan fingerprint density at radius 2 is 2.32 bits per heavy atom. The number of para-hydroxylation sites is 1. The van der Waals surface area contributed by atoms with Crippen LogP contribution in [0.25, 0.3) is 0 Å². The van der Waals surface area contributed by atoms with Gasteiger partial charge in [0.2, 0.25) is 0 Å². The Morgan fingerprint density at radius 1 is 1.47 bits per heavy atom. The maximum absolute atomic E-state index is 5.72. The van der Waals surface area contributed by atoms with Gasteiger partial charge in [-0.2, -0.15) is 0 Å². The molecule has 5 heteroatoms. The number of methoxy groups -OCH3 is 1. The van der Waals surface area contributed by atoms with Gasteiger partial charge in [0.25, 0.3) is 0 Å². The summed E-state index contributed by atoms with van der Waals surface area (Å²) in [6, 6.07) is 8.12. The van der Waals surface area contributed by atoms with E-state index in [1.54, 1.807) is 7.11 Å². The van der Waals surface area contributed by atoms with Gasteiger partial charge in [-0.25, -0.2) is 0 Å². The maximum atomic E-state index is 5.72. The van der Waals surface area contributed by atoms with Crippen LogP contribution in [0.4, 0.5) is 0 Å². The fourth-order valence-corrected chi connectivity index (χ4v) is 2.28. The SMILES string of the molecule is COCCCNC(=S)N1CCOc2ccccc2C1. The topological polar surface area (TPSA) is 33.7 Å². The summed E-state index contributed by atoms with van der Waals surface area (Å²) < 4.78 is 10.7. The minimum absolute atomic E-state index is 0.664. The molecule has 0 aliphatic carbocycles. The van der Waals surface area contributed by atoms with Crippen molar-refractivity contribution in [2.45, 2.75) is 13.0 Å². The first-order valence-electron chi connectivity index (χ1n) is 6.53. The van der Waals surface area contributed by atoms with E-state index in [1.165, 1.54) is 5.56 Å². The molecule has 1 aliphatic rings. The number of ether oxygens (including phenoxy) is 2. The highest BCUT2D eigenvalue weighted by Gasteiger charge is 2.16. The van der Waals surface area contributed by atoms with E-state index >= 15 is 0 Å². The minimum Gasteiger partial charge on any atom is -0.491 e. The monoisotopic (exact) mass is 280 g/mol. The molecule has 104 valence electrons. The van der Waals surface area contributed by atoms with Crippen molar-refractivity contribution >= 4 is 17.3 Å². The van der Waals surface area contributed by atoms with Crippen molar-refractivity contribution in [1.82, 2.24) is 10.2 Å². The molecule has 1 aromatic carbocycles. The van der Waals surface area contributed by atoms with Crippen LogP contribution in [0.15, 0.2) is 24.3 Å². The van der Waals surface area contributed by atoms with Crippen molar-refractivity contribution in [3.8, 4) is 5.75 Å². The van der Waals surface area contributed by atoms with E-state index in [0.29, 0.717) is 6.61 Å². The molecule has 0 saturated carbocycles. The van der Waals surface area contributed by atoms with Gasteiger partial charge in [0.15, 0.2) is 5.11 Å². The van der Waals surface area contributed by atoms with E-state index in [4.69, 9.17) is 21.7 Å². The molecular weight excluding hydrogens is 260 g/mol. The molecule has 0 aromatic heterocycles. The third-order valence-corrected chi connectivity index (χ3v) is 3.44. The van der Waals surface area contributed by atoms with Crippen LogP contribution >= 0.6 is 12.2 Å². The average molecular weight is 280 g/mol. The summed E-state index contributed by atoms with van der Waals surface area (Å²) >= 11 is 5.43. The molecule has 0 radical (unpaired) electrons. The summed E-state index contributed by atoms with van der Waals surface area (Å²) in [7, 11) is 1.71. The van der Waals surface area contributed by atoms with Crippen molar-refractivity contribution in [2.24, 2.45) is 0 Å². The van der Waals surface area contributed by atoms with E-state index in [0.717, 1.165) is 43.5 Å². The molecule has 1 heterocycles. The summed E-state index contributed by atoms with van der Waals surface area (Å²) in [5, 5.41) is 4.06. The Bertz CT molecular complexity index is 426. The van der Waals surface area contributed by atoms with Crippen molar-refractivity contribution in [3.05, 3.63) is 29.8 Å². The molecule has 1 aromatic rings. The van der Waals surface area contributed by atoms with Crippen LogP contribution in [0.3, 0.4) is 0 Å². The minimum atomic E-state index is 0.664. The van der Waals surface area contributed by atoms with Gasteiger partial charge < -0.3 is 19.7 Å². The molecule has 0 amide bonds. The molecule has 0 unspecified atom stereocenters. The number of hydrogen-bond donors (Lipinski definition) is 1. The highest BCUT2D eigenvalue weighted by molar-refractivity contribution is 7.80. The van der Waals surface area contributed by atoms with Crippen molar-refractivity contribution in [3.63, 3.8) is 0 Å². The van der Waals surface area contributed by atoms with Crippen molar-refractivity contribution < 1.29 is 9.47 Å². The standard InChI is InChI=1S/C14H20N2O2S/c1-17-9-4-7-15-14(19)16-8-10-18-13-6-3-2-5-12(13)11-16/h2-3,5-6H,4,7-11H2,1H3,(H,15,19). The first-order valence-corrected chi connectivity index (χ1v) is 6.94. The van der Waals surface area contributed by atoms with Gasteiger partial charge in [-0.15, -0.1) is 0 Å². The number of rotatable bonds is 4. The number of nitrogens with zero attached hydrogens (tertiary/aromatic N) is 1. The number of thiocarbonyl (C=S) groups is 1. The average Bonchev–Trinajstić information content (AvgIpc) is 2.65. The van der Waals surface area contributed by atoms with Crippen LogP contribution in [0.2, 0.25) is 0 Å². The highest BCUT2D eigenvalue weighted by Crippen LogP contribution is 2.22. The van der Waals surface area contributed by atoms with Gasteiger partial charge in [-0.1, -0.05) is 18.2 Å². The summed E-state index contributed by atoms with van der Waals surface area (Å²) in [6.07, 6.45) is 0.956. The molecule has 19 heavy (non-hydrogen) atoms. The van der Waals surface area contributed by atoms with E-state index in [-0.39, 0.29) is 0 Å². The zero-order valence-corrected chi connectivity index (χ0v) is 12.0. The quantitative estimate of drug-likeness (QED) is 0.672. The Labute approximate surface area is 119 Å². The lowest BCUT2D eigenvalue weighted by molar-refractivity contribution is 0.195. The van der Waals surface area contributed by atoms with Crippen molar-refractivity contribution in [1.29, 1.82) is 0 Å². The van der Waals surface area contributed by atoms with Gasteiger partial charge in [0.05, 0.1) is 6.54 Å². The molecule has 0 saturated heterocycles. The largest absolute Gasteiger partial charge is 0.491 e. The lowest BCUT2D eigenvalue weighted by atomic mass is 10.2. The first-order chi connectivity index (χ1) is 9.31. The highest BCUT2D eigenvalue weighted by atomic mass is 32.1. The Balaban J connectivity index is 1.89. The molecule has 0 atom stereocenters. The number of hydrogen-bond acceptors (Lipinski definition) is 3. The normalized spacial score (nSPS) is 14.3. The molecule has 0 spiro atoms. The predicted molar refractivity (Wildman–Crippen MR) is 79.4 cm³/mol. The summed E-state index contributed by atoms with van der Waals surface area (Å²) in [5.74, 6) is 0.965. The molecule has 0 bridgehead atoms. The second-order valence-corrected chi connectivity index (χ2v) is 4.84. The summed E-state index contributed by atoms with van der Waals surface area (Å²) in [5.41, 5.74) is 1.18. The van der Waals surface area contributed by atoms with Crippen molar-refractivity contribution in [2.75, 3.05) is 33.4 Å². The number of benzene rings is 1. The smallest absolute Gasteiger partial charge is 0.169 e. The van der Waals surface area contributed by atoms with E-state index < -0.39 is 0 Å². The molecule has 4 nitrogen and oxygen atoms in total. The second kappa shape index (κ2) is 7.31. The van der Waals surface area contributed by atoms with E-state index in [2.05, 4.69) is 16.3 Å². The van der Waals surface area contributed by atoms with Crippen LogP contribution in [-0.2, 0) is 11.3 Å². The summed E-state index contributed by atoms with van der Waals surface area (Å²) in [6.45, 7) is 3.86. The Hall–Kier alpha value is -1.33. The van der Waals surface area contributed by atoms with Gasteiger partial charge in [0.1, 0.15) is 12.4 Å². The molecule has 2 rings (SSSR count). The lowest BCUT2D eigenvalue weighted by Gasteiger charge is -2.23. The maximum Gasteiger partial charge on any atom is 0.169 e. The fourth-order valence-electron chi connectivity index (χ4n) is 2.02. The number of fused-ring (bicyclic) bond motifs is 1. The summed E-state index contributed by atoms with van der Waals surface area (Å²) in [4.78, 5) is 2.15. The third kappa shape index (κ3) is 4.08. The molecule has 0 fully saturated rings.